The summed E-state index contributed by atoms with van der Waals surface area (Å²) in [6.45, 7) is 0.860. The molecule has 0 radical (unpaired) electrons. The molecule has 34 heavy (non-hydrogen) atoms. The second-order valence-corrected chi connectivity index (χ2v) is 8.52. The normalized spacial score (nSPS) is 29.1. The molecule has 1 heterocycles. The fourth-order valence-electron chi connectivity index (χ4n) is 4.67. The van der Waals surface area contributed by atoms with Crippen LogP contribution in [0.25, 0.3) is 0 Å². The van der Waals surface area contributed by atoms with Crippen LogP contribution in [-0.2, 0) is 30.9 Å². The third kappa shape index (κ3) is 4.18. The van der Waals surface area contributed by atoms with E-state index in [-0.39, 0.29) is 23.9 Å². The van der Waals surface area contributed by atoms with Gasteiger partial charge in [0.05, 0.1) is 14.2 Å². The standard InChI is InChI=1S/C24H28O10/c1-12(25)32-11-16-18(27)19(28)20(29)23(33-16)34-22-17-13(10-15(30-2)21(22)31-3)4-7-24(17)8-5-14(26)6-9-24/h5-6,8-10,16,18-20,23,27-29H,4,7,11H2,1-3H3. The molecule has 3 aliphatic rings. The molecular formula is C24H28O10. The number of esters is 1. The van der Waals surface area contributed by atoms with Gasteiger partial charge in [0.1, 0.15) is 31.0 Å². The monoisotopic (exact) mass is 476 g/mol. The van der Waals surface area contributed by atoms with E-state index in [1.165, 1.54) is 33.3 Å². The van der Waals surface area contributed by atoms with Crippen molar-refractivity contribution in [2.75, 3.05) is 20.8 Å². The number of methoxy groups -OCH3 is 2. The number of aliphatic hydroxyl groups excluding tert-OH is 3. The molecule has 4 rings (SSSR count). The first kappa shape index (κ1) is 24.2. The maximum Gasteiger partial charge on any atom is 0.302 e. The van der Waals surface area contributed by atoms with E-state index in [9.17, 15) is 24.9 Å². The SMILES string of the molecule is COc1cc2c(c(OC3OC(COC(C)=O)C(O)C(O)C3O)c1OC)C1(C=CC(=O)C=C1)CC2. The van der Waals surface area contributed by atoms with Crippen molar-refractivity contribution in [2.24, 2.45) is 0 Å². The maximum atomic E-state index is 11.8. The Morgan fingerprint density at radius 2 is 1.79 bits per heavy atom. The van der Waals surface area contributed by atoms with Gasteiger partial charge in [-0.3, -0.25) is 9.59 Å². The molecule has 0 amide bonds. The minimum Gasteiger partial charge on any atom is -0.493 e. The number of ketones is 1. The van der Waals surface area contributed by atoms with Crippen molar-refractivity contribution >= 4 is 11.8 Å². The van der Waals surface area contributed by atoms with Crippen LogP contribution in [0.15, 0.2) is 30.4 Å². The molecule has 1 saturated heterocycles. The van der Waals surface area contributed by atoms with Gasteiger partial charge in [0.15, 0.2) is 17.3 Å². The molecule has 1 aromatic rings. The second kappa shape index (κ2) is 9.38. The van der Waals surface area contributed by atoms with E-state index in [0.29, 0.717) is 18.6 Å². The highest BCUT2D eigenvalue weighted by molar-refractivity contribution is 6.01. The van der Waals surface area contributed by atoms with Gasteiger partial charge in [-0.15, -0.1) is 0 Å². The predicted molar refractivity (Wildman–Crippen MR) is 117 cm³/mol. The lowest BCUT2D eigenvalue weighted by molar-refractivity contribution is -0.278. The first-order chi connectivity index (χ1) is 16.2. The quantitative estimate of drug-likeness (QED) is 0.492. The van der Waals surface area contributed by atoms with Gasteiger partial charge >= 0.3 is 5.97 Å². The molecule has 184 valence electrons. The van der Waals surface area contributed by atoms with Crippen molar-refractivity contribution in [2.45, 2.75) is 55.9 Å². The minimum atomic E-state index is -1.62. The molecule has 1 fully saturated rings. The van der Waals surface area contributed by atoms with Crippen molar-refractivity contribution in [3.05, 3.63) is 41.5 Å². The third-order valence-electron chi connectivity index (χ3n) is 6.42. The summed E-state index contributed by atoms with van der Waals surface area (Å²) in [6, 6.07) is 1.84. The first-order valence-corrected chi connectivity index (χ1v) is 10.9. The highest BCUT2D eigenvalue weighted by Gasteiger charge is 2.48. The summed E-state index contributed by atoms with van der Waals surface area (Å²) < 4.78 is 27.9. The Bertz CT molecular complexity index is 1010. The number of carbonyl (C=O) groups excluding carboxylic acids is 2. The number of benzene rings is 1. The van der Waals surface area contributed by atoms with E-state index < -0.39 is 42.1 Å². The van der Waals surface area contributed by atoms with E-state index >= 15 is 0 Å². The van der Waals surface area contributed by atoms with Gasteiger partial charge in [-0.05, 0) is 36.6 Å². The van der Waals surface area contributed by atoms with Crippen LogP contribution in [0.4, 0.5) is 0 Å². The summed E-state index contributed by atoms with van der Waals surface area (Å²) in [5, 5.41) is 31.3. The fourth-order valence-corrected chi connectivity index (χ4v) is 4.67. The zero-order chi connectivity index (χ0) is 24.6. The van der Waals surface area contributed by atoms with Crippen LogP contribution in [0.2, 0.25) is 0 Å². The molecule has 1 aliphatic heterocycles. The summed E-state index contributed by atoms with van der Waals surface area (Å²) in [4.78, 5) is 23.0. The van der Waals surface area contributed by atoms with Gasteiger partial charge < -0.3 is 39.0 Å². The number of carbonyl (C=O) groups is 2. The van der Waals surface area contributed by atoms with E-state index in [1.807, 2.05) is 6.07 Å². The number of ether oxygens (including phenoxy) is 5. The average molecular weight is 476 g/mol. The molecule has 0 bridgehead atoms. The molecule has 0 aromatic heterocycles. The van der Waals surface area contributed by atoms with Gasteiger partial charge in [-0.25, -0.2) is 0 Å². The van der Waals surface area contributed by atoms with E-state index in [1.54, 1.807) is 12.2 Å². The largest absolute Gasteiger partial charge is 0.493 e. The van der Waals surface area contributed by atoms with Gasteiger partial charge in [0, 0.05) is 17.9 Å². The van der Waals surface area contributed by atoms with Crippen molar-refractivity contribution in [1.29, 1.82) is 0 Å². The smallest absolute Gasteiger partial charge is 0.302 e. The molecule has 5 atom stereocenters. The Morgan fingerprint density at radius 1 is 1.09 bits per heavy atom. The summed E-state index contributed by atoms with van der Waals surface area (Å²) in [5.74, 6) is 0.147. The lowest BCUT2D eigenvalue weighted by Gasteiger charge is -2.40. The van der Waals surface area contributed by atoms with Crippen LogP contribution in [0.3, 0.4) is 0 Å². The lowest BCUT2D eigenvalue weighted by Crippen LogP contribution is -2.60. The van der Waals surface area contributed by atoms with Crippen LogP contribution in [0.1, 0.15) is 24.5 Å². The Hall–Kier alpha value is -2.92. The predicted octanol–water partition coefficient (Wildman–Crippen LogP) is 0.332. The average Bonchev–Trinajstić information content (AvgIpc) is 3.17. The molecule has 10 nitrogen and oxygen atoms in total. The number of aryl methyl sites for hydroxylation is 1. The molecule has 1 aromatic carbocycles. The van der Waals surface area contributed by atoms with Crippen molar-refractivity contribution in [1.82, 2.24) is 0 Å². The number of rotatable bonds is 6. The summed E-state index contributed by atoms with van der Waals surface area (Å²) in [6.07, 6.45) is 0.621. The fraction of sp³-hybridized carbons (Fsp3) is 0.500. The number of allylic oxidation sites excluding steroid dienone is 4. The highest BCUT2D eigenvalue weighted by atomic mass is 16.7. The Kier molecular flexibility index (Phi) is 6.68. The number of hydrogen-bond acceptors (Lipinski definition) is 10. The zero-order valence-electron chi connectivity index (χ0n) is 19.1. The van der Waals surface area contributed by atoms with Gasteiger partial charge in [-0.2, -0.15) is 0 Å². The second-order valence-electron chi connectivity index (χ2n) is 8.52. The first-order valence-electron chi connectivity index (χ1n) is 10.9. The Morgan fingerprint density at radius 3 is 2.41 bits per heavy atom. The summed E-state index contributed by atoms with van der Waals surface area (Å²) in [7, 11) is 2.92. The third-order valence-corrected chi connectivity index (χ3v) is 6.42. The van der Waals surface area contributed by atoms with Crippen LogP contribution in [0, 0.1) is 0 Å². The zero-order valence-corrected chi connectivity index (χ0v) is 19.1. The van der Waals surface area contributed by atoms with Crippen molar-refractivity contribution < 1.29 is 48.6 Å². The van der Waals surface area contributed by atoms with Crippen LogP contribution >= 0.6 is 0 Å². The van der Waals surface area contributed by atoms with Crippen LogP contribution < -0.4 is 14.2 Å². The van der Waals surface area contributed by atoms with Crippen molar-refractivity contribution in [3.8, 4) is 17.2 Å². The van der Waals surface area contributed by atoms with Crippen LogP contribution in [0.5, 0.6) is 17.2 Å². The van der Waals surface area contributed by atoms with Gasteiger partial charge in [0.25, 0.3) is 0 Å². The van der Waals surface area contributed by atoms with Gasteiger partial charge in [-0.1, -0.05) is 12.2 Å². The minimum absolute atomic E-state index is 0.126. The molecule has 0 saturated carbocycles. The summed E-state index contributed by atoms with van der Waals surface area (Å²) >= 11 is 0. The Balaban J connectivity index is 1.76. The van der Waals surface area contributed by atoms with Gasteiger partial charge in [0.2, 0.25) is 12.0 Å². The lowest BCUT2D eigenvalue weighted by atomic mass is 9.78. The van der Waals surface area contributed by atoms with E-state index in [2.05, 4.69) is 0 Å². The molecule has 10 heteroatoms. The Labute approximate surface area is 196 Å². The maximum absolute atomic E-state index is 11.8. The molecule has 3 N–H and O–H groups in total. The summed E-state index contributed by atoms with van der Waals surface area (Å²) in [5.41, 5.74) is 0.976. The number of fused-ring (bicyclic) bond motifs is 2. The highest BCUT2D eigenvalue weighted by Crippen LogP contribution is 2.54. The van der Waals surface area contributed by atoms with E-state index in [0.717, 1.165) is 11.1 Å². The molecule has 1 spiro atoms. The number of aliphatic hydroxyl groups is 3. The van der Waals surface area contributed by atoms with Crippen LogP contribution in [-0.4, -0.2) is 78.6 Å². The topological polar surface area (TPSA) is 141 Å². The van der Waals surface area contributed by atoms with Crippen molar-refractivity contribution in [3.63, 3.8) is 0 Å². The molecule has 2 aliphatic carbocycles. The molecule has 5 unspecified atom stereocenters. The number of hydrogen-bond donors (Lipinski definition) is 3. The van der Waals surface area contributed by atoms with E-state index in [4.69, 9.17) is 23.7 Å². The molecular weight excluding hydrogens is 448 g/mol.